The molecule has 0 radical (unpaired) electrons. The van der Waals surface area contributed by atoms with Crippen LogP contribution in [-0.2, 0) is 6.61 Å². The van der Waals surface area contributed by atoms with E-state index in [0.29, 0.717) is 44.1 Å². The van der Waals surface area contributed by atoms with Gasteiger partial charge in [-0.15, -0.1) is 0 Å². The molecule has 0 bridgehead atoms. The van der Waals surface area contributed by atoms with E-state index in [9.17, 15) is 4.79 Å². The van der Waals surface area contributed by atoms with Gasteiger partial charge in [0, 0.05) is 25.4 Å². The Morgan fingerprint density at radius 1 is 1.00 bits per heavy atom. The van der Waals surface area contributed by atoms with Gasteiger partial charge in [-0.2, -0.15) is 9.78 Å². The highest BCUT2D eigenvalue weighted by Gasteiger charge is 2.22. The molecule has 0 spiro atoms. The van der Waals surface area contributed by atoms with E-state index in [4.69, 9.17) is 21.3 Å². The van der Waals surface area contributed by atoms with Crippen molar-refractivity contribution in [3.8, 4) is 5.75 Å². The fourth-order valence-corrected chi connectivity index (χ4v) is 6.16. The first-order chi connectivity index (χ1) is 17.9. The number of ether oxygens (including phenoxy) is 1. The van der Waals surface area contributed by atoms with Crippen molar-refractivity contribution in [2.45, 2.75) is 44.6 Å². The number of halogens is 4. The van der Waals surface area contributed by atoms with E-state index in [-0.39, 0.29) is 11.5 Å². The summed E-state index contributed by atoms with van der Waals surface area (Å²) in [6.45, 7) is 0.368. The highest BCUT2D eigenvalue weighted by molar-refractivity contribution is 9.11. The van der Waals surface area contributed by atoms with E-state index in [0.717, 1.165) is 40.2 Å². The first-order valence-electron chi connectivity index (χ1n) is 12.0. The van der Waals surface area contributed by atoms with Crippen LogP contribution >= 0.6 is 59.4 Å². The molecule has 1 heterocycles. The van der Waals surface area contributed by atoms with Crippen molar-refractivity contribution in [3.05, 3.63) is 100 Å². The zero-order chi connectivity index (χ0) is 25.9. The van der Waals surface area contributed by atoms with Gasteiger partial charge in [0.25, 0.3) is 5.56 Å². The summed E-state index contributed by atoms with van der Waals surface area (Å²) in [5, 5.41) is 5.73. The molecular formula is C28H23Br3ClN3O2. The van der Waals surface area contributed by atoms with E-state index in [1.807, 2.05) is 36.4 Å². The van der Waals surface area contributed by atoms with E-state index < -0.39 is 0 Å². The number of nitrogens with zero attached hydrogens (tertiary/aromatic N) is 3. The molecule has 1 aliphatic carbocycles. The second-order valence-electron chi connectivity index (χ2n) is 9.05. The molecule has 3 aromatic carbocycles. The molecule has 5 nitrogen and oxygen atoms in total. The molecule has 0 saturated heterocycles. The maximum Gasteiger partial charge on any atom is 0.282 e. The molecule has 0 N–H and O–H groups in total. The van der Waals surface area contributed by atoms with Crippen molar-refractivity contribution in [1.82, 2.24) is 9.66 Å². The standard InChI is InChI=1S/C28H23Br3ClN3O2/c29-20-8-6-17(7-9-20)16-37-26-19(12-22(32)14-24(26)31)15-33-35-27(18-4-2-1-3-5-18)34-25-11-10-21(30)13-23(25)28(35)36/h6-15,18H,1-5,16H2. The Morgan fingerprint density at radius 2 is 1.73 bits per heavy atom. The highest BCUT2D eigenvalue weighted by Crippen LogP contribution is 2.34. The topological polar surface area (TPSA) is 56.5 Å². The SMILES string of the molecule is O=c1c2cc(Br)ccc2nc(C2CCCCC2)n1N=Cc1cc(Cl)cc(Br)c1OCc1ccc(Br)cc1. The van der Waals surface area contributed by atoms with Gasteiger partial charge in [0.2, 0.25) is 0 Å². The zero-order valence-electron chi connectivity index (χ0n) is 19.8. The summed E-state index contributed by atoms with van der Waals surface area (Å²) in [5.74, 6) is 1.49. The predicted molar refractivity (Wildman–Crippen MR) is 160 cm³/mol. The largest absolute Gasteiger partial charge is 0.487 e. The van der Waals surface area contributed by atoms with E-state index in [1.165, 1.54) is 11.1 Å². The smallest absolute Gasteiger partial charge is 0.282 e. The third-order valence-electron chi connectivity index (χ3n) is 6.45. The average Bonchev–Trinajstić information content (AvgIpc) is 2.89. The minimum absolute atomic E-state index is 0.186. The van der Waals surface area contributed by atoms with Crippen molar-refractivity contribution in [1.29, 1.82) is 0 Å². The quantitative estimate of drug-likeness (QED) is 0.188. The number of fused-ring (bicyclic) bond motifs is 1. The third kappa shape index (κ3) is 6.19. The monoisotopic (exact) mass is 705 g/mol. The van der Waals surface area contributed by atoms with Crippen LogP contribution in [0.2, 0.25) is 5.02 Å². The summed E-state index contributed by atoms with van der Waals surface area (Å²) in [6.07, 6.45) is 7.07. The molecule has 1 aromatic heterocycles. The summed E-state index contributed by atoms with van der Waals surface area (Å²) >= 11 is 16.9. The molecule has 0 unspecified atom stereocenters. The summed E-state index contributed by atoms with van der Waals surface area (Å²) in [5.41, 5.74) is 2.17. The van der Waals surface area contributed by atoms with Crippen LogP contribution in [0.3, 0.4) is 0 Å². The molecule has 1 aliphatic rings. The van der Waals surface area contributed by atoms with Crippen LogP contribution in [0, 0.1) is 0 Å². The second kappa shape index (κ2) is 11.8. The Kier molecular flexibility index (Phi) is 8.49. The Labute approximate surface area is 245 Å². The van der Waals surface area contributed by atoms with Gasteiger partial charge < -0.3 is 4.74 Å². The normalized spacial score (nSPS) is 14.5. The molecule has 37 heavy (non-hydrogen) atoms. The number of aromatic nitrogens is 2. The molecule has 0 aliphatic heterocycles. The zero-order valence-corrected chi connectivity index (χ0v) is 25.3. The van der Waals surface area contributed by atoms with Crippen molar-refractivity contribution in [2.24, 2.45) is 5.10 Å². The van der Waals surface area contributed by atoms with E-state index >= 15 is 0 Å². The van der Waals surface area contributed by atoms with Gasteiger partial charge in [0.1, 0.15) is 18.2 Å². The molecule has 5 rings (SSSR count). The number of rotatable bonds is 6. The van der Waals surface area contributed by atoms with Gasteiger partial charge in [0.05, 0.1) is 21.6 Å². The second-order valence-corrected chi connectivity index (χ2v) is 12.2. The van der Waals surface area contributed by atoms with E-state index in [2.05, 4.69) is 52.9 Å². The van der Waals surface area contributed by atoms with Crippen molar-refractivity contribution in [2.75, 3.05) is 0 Å². The highest BCUT2D eigenvalue weighted by atomic mass is 79.9. The van der Waals surface area contributed by atoms with Crippen molar-refractivity contribution < 1.29 is 4.74 Å². The minimum Gasteiger partial charge on any atom is -0.487 e. The lowest BCUT2D eigenvalue weighted by molar-refractivity contribution is 0.304. The van der Waals surface area contributed by atoms with Gasteiger partial charge in [0.15, 0.2) is 0 Å². The molecule has 4 aromatic rings. The Hall–Kier alpha value is -2.00. The molecule has 0 atom stereocenters. The van der Waals surface area contributed by atoms with Crippen LogP contribution in [0.15, 0.2) is 77.9 Å². The lowest BCUT2D eigenvalue weighted by atomic mass is 9.88. The summed E-state index contributed by atoms with van der Waals surface area (Å²) in [7, 11) is 0. The van der Waals surface area contributed by atoms with Gasteiger partial charge >= 0.3 is 0 Å². The van der Waals surface area contributed by atoms with Gasteiger partial charge in [-0.05, 0) is 76.8 Å². The van der Waals surface area contributed by atoms with Crippen LogP contribution < -0.4 is 10.3 Å². The minimum atomic E-state index is -0.193. The summed E-state index contributed by atoms with van der Waals surface area (Å²) in [4.78, 5) is 18.6. The predicted octanol–water partition coefficient (Wildman–Crippen LogP) is 8.85. The Morgan fingerprint density at radius 3 is 2.49 bits per heavy atom. The van der Waals surface area contributed by atoms with Gasteiger partial charge in [-0.1, -0.05) is 74.9 Å². The molecular weight excluding hydrogens is 685 g/mol. The summed E-state index contributed by atoms with van der Waals surface area (Å²) in [6, 6.07) is 17.1. The molecule has 0 amide bonds. The Balaban J connectivity index is 1.56. The number of hydrogen-bond donors (Lipinski definition) is 0. The molecule has 190 valence electrons. The van der Waals surface area contributed by atoms with Gasteiger partial charge in [-0.3, -0.25) is 4.79 Å². The Bertz CT molecular complexity index is 1530. The van der Waals surface area contributed by atoms with Crippen LogP contribution in [0.5, 0.6) is 5.75 Å². The molecule has 1 saturated carbocycles. The third-order valence-corrected chi connectivity index (χ3v) is 8.28. The fraction of sp³-hybridized carbons (Fsp3) is 0.250. The van der Waals surface area contributed by atoms with Crippen LogP contribution in [0.25, 0.3) is 10.9 Å². The number of hydrogen-bond acceptors (Lipinski definition) is 4. The average molecular weight is 709 g/mol. The fourth-order valence-electron chi connectivity index (χ4n) is 4.59. The van der Waals surface area contributed by atoms with Crippen LogP contribution in [0.4, 0.5) is 0 Å². The van der Waals surface area contributed by atoms with E-state index in [1.54, 1.807) is 24.4 Å². The van der Waals surface area contributed by atoms with Gasteiger partial charge in [-0.25, -0.2) is 4.98 Å². The molecule has 1 fully saturated rings. The van der Waals surface area contributed by atoms with Crippen molar-refractivity contribution >= 4 is 76.5 Å². The van der Waals surface area contributed by atoms with Crippen LogP contribution in [0.1, 0.15) is 55.0 Å². The molecule has 9 heteroatoms. The van der Waals surface area contributed by atoms with Crippen LogP contribution in [-0.4, -0.2) is 15.9 Å². The lowest BCUT2D eigenvalue weighted by Crippen LogP contribution is -2.25. The number of benzene rings is 3. The first kappa shape index (κ1) is 26.6. The van der Waals surface area contributed by atoms with Crippen molar-refractivity contribution in [3.63, 3.8) is 0 Å². The lowest BCUT2D eigenvalue weighted by Gasteiger charge is -2.22. The maximum atomic E-state index is 13.6. The first-order valence-corrected chi connectivity index (χ1v) is 14.8. The maximum absolute atomic E-state index is 13.6. The summed E-state index contributed by atoms with van der Waals surface area (Å²) < 4.78 is 10.2.